The smallest absolute Gasteiger partial charge is 0.264 e. The first-order valence-corrected chi connectivity index (χ1v) is 15.2. The van der Waals surface area contributed by atoms with E-state index in [0.29, 0.717) is 30.3 Å². The number of nitrogens with one attached hydrogen (secondary N) is 1. The molecule has 0 radical (unpaired) electrons. The van der Waals surface area contributed by atoms with Gasteiger partial charge in [-0.1, -0.05) is 37.5 Å². The lowest BCUT2D eigenvalue weighted by atomic mass is 9.88. The van der Waals surface area contributed by atoms with Gasteiger partial charge >= 0.3 is 0 Å². The van der Waals surface area contributed by atoms with E-state index < -0.39 is 6.04 Å². The number of likely N-dealkylation sites (tertiary alicyclic amines) is 1. The predicted molar refractivity (Wildman–Crippen MR) is 152 cm³/mol. The molecule has 2 aromatic rings. The molecule has 2 saturated heterocycles. The van der Waals surface area contributed by atoms with Crippen molar-refractivity contribution in [1.82, 2.24) is 20.0 Å². The van der Waals surface area contributed by atoms with Crippen LogP contribution in [0.2, 0.25) is 0 Å². The number of ether oxygens (including phenoxy) is 1. The Labute approximate surface area is 231 Å². The lowest BCUT2D eigenvalue weighted by Crippen LogP contribution is -2.48. The molecule has 38 heavy (non-hydrogen) atoms. The first-order chi connectivity index (χ1) is 18.6. The number of thiophene rings is 1. The number of hydrogen-bond donors (Lipinski definition) is 1. The Bertz CT molecular complexity index is 1050. The van der Waals surface area contributed by atoms with Gasteiger partial charge in [0.1, 0.15) is 11.8 Å². The highest BCUT2D eigenvalue weighted by Gasteiger charge is 2.44. The maximum atomic E-state index is 13.9. The minimum absolute atomic E-state index is 0.00667. The van der Waals surface area contributed by atoms with Crippen LogP contribution >= 0.6 is 11.3 Å². The van der Waals surface area contributed by atoms with Crippen molar-refractivity contribution < 1.29 is 14.3 Å². The van der Waals surface area contributed by atoms with Crippen molar-refractivity contribution in [3.63, 3.8) is 0 Å². The summed E-state index contributed by atoms with van der Waals surface area (Å²) in [4.78, 5) is 34.8. The highest BCUT2D eigenvalue weighted by Crippen LogP contribution is 2.32. The number of rotatable bonds is 8. The molecule has 206 valence electrons. The van der Waals surface area contributed by atoms with Crippen LogP contribution in [0.15, 0.2) is 41.8 Å². The fourth-order valence-corrected chi connectivity index (χ4v) is 7.08. The molecule has 5 rings (SSSR count). The number of nitrogens with zero attached hydrogens (tertiary/aromatic N) is 3. The lowest BCUT2D eigenvalue weighted by molar-refractivity contribution is -0.135. The van der Waals surface area contributed by atoms with Gasteiger partial charge in [0.15, 0.2) is 0 Å². The minimum atomic E-state index is -0.410. The van der Waals surface area contributed by atoms with Crippen LogP contribution in [0.4, 0.5) is 0 Å². The molecule has 3 heterocycles. The van der Waals surface area contributed by atoms with Crippen molar-refractivity contribution in [2.45, 2.75) is 63.6 Å². The van der Waals surface area contributed by atoms with Crippen molar-refractivity contribution in [3.05, 3.63) is 52.2 Å². The molecular formula is C30H42N4O3S. The van der Waals surface area contributed by atoms with Crippen molar-refractivity contribution in [1.29, 1.82) is 0 Å². The van der Waals surface area contributed by atoms with Crippen LogP contribution in [0, 0.1) is 5.92 Å². The Balaban J connectivity index is 1.40. The van der Waals surface area contributed by atoms with Crippen LogP contribution in [0.5, 0.6) is 5.75 Å². The van der Waals surface area contributed by atoms with Crippen LogP contribution in [-0.4, -0.2) is 85.0 Å². The Morgan fingerprint density at radius 1 is 1.08 bits per heavy atom. The van der Waals surface area contributed by atoms with Crippen LogP contribution < -0.4 is 10.1 Å². The molecular weight excluding hydrogens is 496 g/mol. The van der Waals surface area contributed by atoms with Crippen molar-refractivity contribution in [3.8, 4) is 5.75 Å². The third-order valence-corrected chi connectivity index (χ3v) is 9.32. The van der Waals surface area contributed by atoms with Gasteiger partial charge in [0, 0.05) is 45.3 Å². The summed E-state index contributed by atoms with van der Waals surface area (Å²) in [5.74, 6) is 1.64. The SMILES string of the molecule is COc1cccc(CN(CC2CCCCC2)C2CC(C(=O)N3CCCNCC3)N(C(=O)c3cccs3)C2)c1. The van der Waals surface area contributed by atoms with Crippen molar-refractivity contribution >= 4 is 23.2 Å². The van der Waals surface area contributed by atoms with Gasteiger partial charge in [-0.3, -0.25) is 14.5 Å². The van der Waals surface area contributed by atoms with Crippen LogP contribution in [-0.2, 0) is 11.3 Å². The normalized spacial score (nSPS) is 23.0. The van der Waals surface area contributed by atoms with Gasteiger partial charge in [-0.25, -0.2) is 0 Å². The molecule has 1 aliphatic carbocycles. The Morgan fingerprint density at radius 2 is 1.95 bits per heavy atom. The molecule has 0 spiro atoms. The van der Waals surface area contributed by atoms with Gasteiger partial charge < -0.3 is 19.9 Å². The maximum absolute atomic E-state index is 13.9. The quantitative estimate of drug-likeness (QED) is 0.545. The molecule has 8 heteroatoms. The van der Waals surface area contributed by atoms with E-state index in [1.54, 1.807) is 7.11 Å². The number of methoxy groups -OCH3 is 1. The molecule has 2 amide bonds. The molecule has 2 aliphatic heterocycles. The van der Waals surface area contributed by atoms with Gasteiger partial charge in [0.25, 0.3) is 5.91 Å². The highest BCUT2D eigenvalue weighted by molar-refractivity contribution is 7.12. The van der Waals surface area contributed by atoms with E-state index >= 15 is 0 Å². The fourth-order valence-electron chi connectivity index (χ4n) is 6.40. The molecule has 2 atom stereocenters. The molecule has 3 fully saturated rings. The van der Waals surface area contributed by atoms with E-state index in [0.717, 1.165) is 44.9 Å². The molecule has 2 unspecified atom stereocenters. The third-order valence-electron chi connectivity index (χ3n) is 8.46. The summed E-state index contributed by atoms with van der Waals surface area (Å²) in [7, 11) is 1.71. The Morgan fingerprint density at radius 3 is 2.74 bits per heavy atom. The monoisotopic (exact) mass is 538 g/mol. The van der Waals surface area contributed by atoms with Gasteiger partial charge in [-0.05, 0) is 67.3 Å². The predicted octanol–water partition coefficient (Wildman–Crippen LogP) is 4.24. The average Bonchev–Trinajstić information content (AvgIpc) is 3.57. The summed E-state index contributed by atoms with van der Waals surface area (Å²) in [6.07, 6.45) is 8.11. The summed E-state index contributed by atoms with van der Waals surface area (Å²) < 4.78 is 5.50. The summed E-state index contributed by atoms with van der Waals surface area (Å²) in [6.45, 7) is 5.61. The minimum Gasteiger partial charge on any atom is -0.497 e. The summed E-state index contributed by atoms with van der Waals surface area (Å²) in [6, 6.07) is 11.8. The van der Waals surface area contributed by atoms with Gasteiger partial charge in [0.05, 0.1) is 12.0 Å². The summed E-state index contributed by atoms with van der Waals surface area (Å²) in [5, 5.41) is 5.34. The van der Waals surface area contributed by atoms with E-state index in [2.05, 4.69) is 22.3 Å². The van der Waals surface area contributed by atoms with Crippen LogP contribution in [0.25, 0.3) is 0 Å². The van der Waals surface area contributed by atoms with Crippen molar-refractivity contribution in [2.24, 2.45) is 5.92 Å². The van der Waals surface area contributed by atoms with Crippen LogP contribution in [0.1, 0.15) is 60.2 Å². The molecule has 1 N–H and O–H groups in total. The first kappa shape index (κ1) is 27.2. The maximum Gasteiger partial charge on any atom is 0.264 e. The molecule has 1 saturated carbocycles. The highest BCUT2D eigenvalue weighted by atomic mass is 32.1. The second kappa shape index (κ2) is 13.1. The standard InChI is InChI=1S/C30H42N4O3S/c1-37-26-11-5-10-24(18-26)21-33(20-23-8-3-2-4-9-23)25-19-27(29(35)32-15-7-13-31-14-16-32)34(22-25)30(36)28-12-6-17-38-28/h5-6,10-12,17-18,23,25,27,31H,2-4,7-9,13-16,19-22H2,1H3. The van der Waals surface area contributed by atoms with E-state index in [9.17, 15) is 9.59 Å². The molecule has 0 bridgehead atoms. The van der Waals surface area contributed by atoms with E-state index in [1.807, 2.05) is 39.4 Å². The largest absolute Gasteiger partial charge is 0.497 e. The van der Waals surface area contributed by atoms with Gasteiger partial charge in [-0.15, -0.1) is 11.3 Å². The van der Waals surface area contributed by atoms with E-state index in [-0.39, 0.29) is 17.9 Å². The Kier molecular flexibility index (Phi) is 9.35. The van der Waals surface area contributed by atoms with Crippen molar-refractivity contribution in [2.75, 3.05) is 46.4 Å². The summed E-state index contributed by atoms with van der Waals surface area (Å²) in [5.41, 5.74) is 1.21. The average molecular weight is 539 g/mol. The molecule has 3 aliphatic rings. The Hall–Kier alpha value is -2.42. The molecule has 7 nitrogen and oxygen atoms in total. The third kappa shape index (κ3) is 6.58. The van der Waals surface area contributed by atoms with Crippen LogP contribution in [0.3, 0.4) is 0 Å². The number of carbonyl (C=O) groups is 2. The fraction of sp³-hybridized carbons (Fsp3) is 0.600. The lowest BCUT2D eigenvalue weighted by Gasteiger charge is -2.34. The second-order valence-corrected chi connectivity index (χ2v) is 12.0. The first-order valence-electron chi connectivity index (χ1n) is 14.3. The number of hydrogen-bond acceptors (Lipinski definition) is 6. The number of amides is 2. The van der Waals surface area contributed by atoms with E-state index in [4.69, 9.17) is 4.74 Å². The van der Waals surface area contributed by atoms with E-state index in [1.165, 1.54) is 49.0 Å². The van der Waals surface area contributed by atoms with Gasteiger partial charge in [-0.2, -0.15) is 0 Å². The van der Waals surface area contributed by atoms with Gasteiger partial charge in [0.2, 0.25) is 5.91 Å². The number of carbonyl (C=O) groups excluding carboxylic acids is 2. The summed E-state index contributed by atoms with van der Waals surface area (Å²) >= 11 is 1.46. The zero-order chi connectivity index (χ0) is 26.3. The molecule has 1 aromatic carbocycles. The zero-order valence-electron chi connectivity index (χ0n) is 22.6. The second-order valence-electron chi connectivity index (χ2n) is 11.1. The topological polar surface area (TPSA) is 65.1 Å². The zero-order valence-corrected chi connectivity index (χ0v) is 23.5. The number of benzene rings is 1. The molecule has 1 aromatic heterocycles.